The molecule has 0 heteroatoms. The molecule has 22 heavy (non-hydrogen) atoms. The molecule has 0 nitrogen and oxygen atoms in total. The molecule has 0 aromatic carbocycles. The van der Waals surface area contributed by atoms with Gasteiger partial charge in [0.05, 0.1) is 0 Å². The van der Waals surface area contributed by atoms with Crippen molar-refractivity contribution in [3.8, 4) is 0 Å². The van der Waals surface area contributed by atoms with Gasteiger partial charge in [-0.2, -0.15) is 0 Å². The molecular weight excluding hydrogens is 264 g/mol. The first kappa shape index (κ1) is 16.8. The van der Waals surface area contributed by atoms with Crippen molar-refractivity contribution in [2.45, 2.75) is 97.8 Å². The Morgan fingerprint density at radius 2 is 1.59 bits per heavy atom. The summed E-state index contributed by atoms with van der Waals surface area (Å²) in [4.78, 5) is 0. The molecule has 3 fully saturated rings. The zero-order chi connectivity index (χ0) is 15.5. The second kappa shape index (κ2) is 7.71. The zero-order valence-electron chi connectivity index (χ0n) is 15.5. The average molecular weight is 305 g/mol. The molecule has 0 aromatic rings. The lowest BCUT2D eigenvalue weighted by Gasteiger charge is -2.48. The number of unbranched alkanes of at least 4 members (excludes halogenated alkanes) is 1. The summed E-state index contributed by atoms with van der Waals surface area (Å²) in [6.07, 6.45) is 18.3. The van der Waals surface area contributed by atoms with Gasteiger partial charge in [0.15, 0.2) is 0 Å². The van der Waals surface area contributed by atoms with Crippen LogP contribution in [0.5, 0.6) is 0 Å². The van der Waals surface area contributed by atoms with Gasteiger partial charge in [-0.25, -0.2) is 0 Å². The van der Waals surface area contributed by atoms with E-state index in [0.717, 1.165) is 41.4 Å². The number of fused-ring (bicyclic) bond motifs is 1. The number of rotatable bonds is 5. The van der Waals surface area contributed by atoms with E-state index >= 15 is 0 Å². The van der Waals surface area contributed by atoms with Crippen LogP contribution in [0.4, 0.5) is 0 Å². The van der Waals surface area contributed by atoms with Gasteiger partial charge in [0.25, 0.3) is 0 Å². The molecule has 5 atom stereocenters. The van der Waals surface area contributed by atoms with Crippen LogP contribution >= 0.6 is 0 Å². The van der Waals surface area contributed by atoms with Gasteiger partial charge in [0.2, 0.25) is 0 Å². The molecule has 3 aliphatic rings. The zero-order valence-corrected chi connectivity index (χ0v) is 15.5. The van der Waals surface area contributed by atoms with Crippen LogP contribution < -0.4 is 0 Å². The minimum Gasteiger partial charge on any atom is -0.0654 e. The van der Waals surface area contributed by atoms with Gasteiger partial charge in [-0.3, -0.25) is 0 Å². The fourth-order valence-electron chi connectivity index (χ4n) is 6.77. The third-order valence-electron chi connectivity index (χ3n) is 8.16. The molecule has 3 saturated carbocycles. The maximum Gasteiger partial charge on any atom is -0.0352 e. The molecule has 0 saturated heterocycles. The molecule has 0 aliphatic heterocycles. The first-order chi connectivity index (χ1) is 10.7. The maximum atomic E-state index is 2.65. The summed E-state index contributed by atoms with van der Waals surface area (Å²) in [6.45, 7) is 7.43. The summed E-state index contributed by atoms with van der Waals surface area (Å²) < 4.78 is 0. The molecular formula is C22H40. The van der Waals surface area contributed by atoms with Gasteiger partial charge in [-0.15, -0.1) is 0 Å². The van der Waals surface area contributed by atoms with Crippen LogP contribution in [0.15, 0.2) is 0 Å². The van der Waals surface area contributed by atoms with Crippen molar-refractivity contribution in [2.75, 3.05) is 0 Å². The highest BCUT2D eigenvalue weighted by molar-refractivity contribution is 4.95. The molecule has 0 amide bonds. The number of hydrogen-bond donors (Lipinski definition) is 0. The normalized spacial score (nSPS) is 45.7. The highest BCUT2D eigenvalue weighted by Gasteiger charge is 2.46. The fraction of sp³-hybridized carbons (Fsp3) is 1.00. The molecule has 0 N–H and O–H groups in total. The Balaban J connectivity index is 1.68. The predicted molar refractivity (Wildman–Crippen MR) is 96.9 cm³/mol. The van der Waals surface area contributed by atoms with E-state index in [1.807, 2.05) is 0 Å². The minimum absolute atomic E-state index is 1.03. The third kappa shape index (κ3) is 3.41. The van der Waals surface area contributed by atoms with Crippen molar-refractivity contribution in [3.05, 3.63) is 0 Å². The molecule has 0 spiro atoms. The Labute approximate surface area is 139 Å². The summed E-state index contributed by atoms with van der Waals surface area (Å²) in [7, 11) is 0. The summed E-state index contributed by atoms with van der Waals surface area (Å²) >= 11 is 0. The van der Waals surface area contributed by atoms with Gasteiger partial charge in [0.1, 0.15) is 0 Å². The molecule has 3 aliphatic carbocycles. The lowest BCUT2D eigenvalue weighted by atomic mass is 9.57. The van der Waals surface area contributed by atoms with Gasteiger partial charge in [-0.05, 0) is 73.5 Å². The topological polar surface area (TPSA) is 0 Å². The predicted octanol–water partition coefficient (Wildman–Crippen LogP) is 7.08. The first-order valence-electron chi connectivity index (χ1n) is 10.7. The second-order valence-corrected chi connectivity index (χ2v) is 9.11. The quantitative estimate of drug-likeness (QED) is 0.509. The Hall–Kier alpha value is 0. The van der Waals surface area contributed by atoms with Crippen molar-refractivity contribution >= 4 is 0 Å². The van der Waals surface area contributed by atoms with E-state index < -0.39 is 0 Å². The average Bonchev–Trinajstić information content (AvgIpc) is 3.03. The van der Waals surface area contributed by atoms with Gasteiger partial charge in [-0.1, -0.05) is 65.7 Å². The van der Waals surface area contributed by atoms with E-state index in [9.17, 15) is 0 Å². The maximum absolute atomic E-state index is 2.65. The highest BCUT2D eigenvalue weighted by atomic mass is 14.5. The molecule has 0 aromatic heterocycles. The summed E-state index contributed by atoms with van der Waals surface area (Å²) in [5.74, 6) is 7.56. The van der Waals surface area contributed by atoms with Crippen LogP contribution in [0.3, 0.4) is 0 Å². The van der Waals surface area contributed by atoms with Crippen molar-refractivity contribution in [2.24, 2.45) is 41.4 Å². The molecule has 0 heterocycles. The van der Waals surface area contributed by atoms with Crippen LogP contribution in [0.1, 0.15) is 97.8 Å². The van der Waals surface area contributed by atoms with Crippen molar-refractivity contribution in [1.29, 1.82) is 0 Å². The van der Waals surface area contributed by atoms with E-state index in [1.54, 1.807) is 51.4 Å². The van der Waals surface area contributed by atoms with E-state index in [1.165, 1.54) is 25.7 Å². The van der Waals surface area contributed by atoms with Crippen molar-refractivity contribution in [1.82, 2.24) is 0 Å². The van der Waals surface area contributed by atoms with E-state index in [-0.39, 0.29) is 0 Å². The molecule has 0 radical (unpaired) electrons. The molecule has 5 unspecified atom stereocenters. The van der Waals surface area contributed by atoms with Crippen molar-refractivity contribution in [3.63, 3.8) is 0 Å². The molecule has 128 valence electrons. The SMILES string of the molecule is CCCCC1C(C)C2CCCC2CC1C1CCC(CC)CC1. The van der Waals surface area contributed by atoms with Crippen molar-refractivity contribution < 1.29 is 0 Å². The number of hydrogen-bond acceptors (Lipinski definition) is 0. The van der Waals surface area contributed by atoms with Crippen LogP contribution in [0.25, 0.3) is 0 Å². The van der Waals surface area contributed by atoms with Gasteiger partial charge < -0.3 is 0 Å². The Bertz CT molecular complexity index is 325. The third-order valence-corrected chi connectivity index (χ3v) is 8.16. The summed E-state index contributed by atoms with van der Waals surface area (Å²) in [6, 6.07) is 0. The summed E-state index contributed by atoms with van der Waals surface area (Å²) in [5.41, 5.74) is 0. The Morgan fingerprint density at radius 1 is 0.818 bits per heavy atom. The van der Waals surface area contributed by atoms with Crippen LogP contribution in [-0.2, 0) is 0 Å². The van der Waals surface area contributed by atoms with Gasteiger partial charge >= 0.3 is 0 Å². The smallest absolute Gasteiger partial charge is 0.0352 e. The fourth-order valence-corrected chi connectivity index (χ4v) is 6.77. The van der Waals surface area contributed by atoms with E-state index in [4.69, 9.17) is 0 Å². The van der Waals surface area contributed by atoms with Crippen LogP contribution in [0, 0.1) is 41.4 Å². The van der Waals surface area contributed by atoms with E-state index in [2.05, 4.69) is 20.8 Å². The molecule has 3 rings (SSSR count). The van der Waals surface area contributed by atoms with Crippen LogP contribution in [0.2, 0.25) is 0 Å². The second-order valence-electron chi connectivity index (χ2n) is 9.11. The minimum atomic E-state index is 1.03. The Morgan fingerprint density at radius 3 is 2.27 bits per heavy atom. The lowest BCUT2D eigenvalue weighted by Crippen LogP contribution is -2.40. The first-order valence-corrected chi connectivity index (χ1v) is 10.7. The highest BCUT2D eigenvalue weighted by Crippen LogP contribution is 2.55. The largest absolute Gasteiger partial charge is 0.0654 e. The van der Waals surface area contributed by atoms with Crippen LogP contribution in [-0.4, -0.2) is 0 Å². The monoisotopic (exact) mass is 304 g/mol. The lowest BCUT2D eigenvalue weighted by molar-refractivity contribution is 0.00916. The van der Waals surface area contributed by atoms with E-state index in [0.29, 0.717) is 0 Å². The standard InChI is InChI=1S/C22H40/c1-4-6-9-21-16(3)20-10-7-8-19(20)15-22(21)18-13-11-17(5-2)12-14-18/h16-22H,4-15H2,1-3H3. The molecule has 0 bridgehead atoms. The Kier molecular flexibility index (Phi) is 5.91. The summed E-state index contributed by atoms with van der Waals surface area (Å²) in [5, 5.41) is 0. The van der Waals surface area contributed by atoms with Gasteiger partial charge in [0, 0.05) is 0 Å².